The first-order chi connectivity index (χ1) is 14.7. The molecule has 0 N–H and O–H groups in total. The van der Waals surface area contributed by atoms with Crippen molar-refractivity contribution in [2.45, 2.75) is 38.1 Å². The van der Waals surface area contributed by atoms with E-state index in [4.69, 9.17) is 15.1 Å². The number of hydrogen-bond donors (Lipinski definition) is 0. The smallest absolute Gasteiger partial charge is 0.148 e. The highest BCUT2D eigenvalue weighted by molar-refractivity contribution is 14.2. The maximum absolute atomic E-state index is 5.00. The molecule has 9 heteroatoms. The highest BCUT2D eigenvalue weighted by Crippen LogP contribution is 2.42. The summed E-state index contributed by atoms with van der Waals surface area (Å²) < 4.78 is 4.24. The van der Waals surface area contributed by atoms with Gasteiger partial charge in [-0.3, -0.25) is 4.98 Å². The van der Waals surface area contributed by atoms with E-state index in [1.54, 1.807) is 0 Å². The van der Waals surface area contributed by atoms with Gasteiger partial charge >= 0.3 is 0 Å². The van der Waals surface area contributed by atoms with Crippen molar-refractivity contribution in [3.8, 4) is 0 Å². The maximum atomic E-state index is 5.00. The number of anilines is 1. The molecule has 7 nitrogen and oxygen atoms in total. The van der Waals surface area contributed by atoms with Crippen LogP contribution in [0.3, 0.4) is 0 Å². The number of halogens is 1. The van der Waals surface area contributed by atoms with Crippen LogP contribution in [-0.4, -0.2) is 35.4 Å². The summed E-state index contributed by atoms with van der Waals surface area (Å²) in [6, 6.07) is 6.30. The summed E-state index contributed by atoms with van der Waals surface area (Å²) in [5.74, 6) is 1.50. The number of fused-ring (bicyclic) bond motifs is 2. The SMILES string of the molecule is Cc1cccn2nc(C3c4ncn(PI)c4CCN3c3cncc(C4CC4)n3)cc12. The van der Waals surface area contributed by atoms with Gasteiger partial charge in [0.1, 0.15) is 11.9 Å². The van der Waals surface area contributed by atoms with Gasteiger partial charge in [-0.25, -0.2) is 14.5 Å². The lowest BCUT2D eigenvalue weighted by molar-refractivity contribution is 0.606. The van der Waals surface area contributed by atoms with Crippen LogP contribution in [0, 0.1) is 6.92 Å². The summed E-state index contributed by atoms with van der Waals surface area (Å²) in [5.41, 5.74) is 6.86. The van der Waals surface area contributed by atoms with Gasteiger partial charge in [0.05, 0.1) is 35.1 Å². The molecule has 1 aliphatic carbocycles. The molecule has 0 saturated heterocycles. The number of aryl methyl sites for hydroxylation is 1. The third kappa shape index (κ3) is 3.03. The van der Waals surface area contributed by atoms with Crippen molar-refractivity contribution < 1.29 is 0 Å². The molecule has 0 radical (unpaired) electrons. The topological polar surface area (TPSA) is 64.1 Å². The third-order valence-electron chi connectivity index (χ3n) is 6.09. The van der Waals surface area contributed by atoms with Crippen molar-refractivity contribution in [2.75, 3.05) is 11.4 Å². The van der Waals surface area contributed by atoms with Crippen LogP contribution in [-0.2, 0) is 6.42 Å². The standard InChI is InChI=1S/C21H21IN7P/c1-13-3-2-7-28-18(13)9-15(26-28)21-20-17(29(30-22)12-24-20)6-8-27(21)19-11-23-10-16(25-19)14-4-5-14/h2-3,7,9-12,14,21,30H,4-6,8H2,1H3. The Kier molecular flexibility index (Phi) is 4.53. The number of rotatable bonds is 4. The highest BCUT2D eigenvalue weighted by Gasteiger charge is 2.36. The normalized spacial score (nSPS) is 19.1. The number of hydrogen-bond acceptors (Lipinski definition) is 5. The fraction of sp³-hybridized carbons (Fsp3) is 0.333. The fourth-order valence-corrected chi connectivity index (χ4v) is 6.06. The second-order valence-electron chi connectivity index (χ2n) is 8.04. The summed E-state index contributed by atoms with van der Waals surface area (Å²) in [5, 5.41) is 4.95. The van der Waals surface area contributed by atoms with Crippen molar-refractivity contribution in [1.29, 1.82) is 0 Å². The van der Waals surface area contributed by atoms with Crippen molar-refractivity contribution in [1.82, 2.24) is 28.9 Å². The molecule has 6 rings (SSSR count). The van der Waals surface area contributed by atoms with Crippen LogP contribution in [0.5, 0.6) is 0 Å². The Labute approximate surface area is 189 Å². The summed E-state index contributed by atoms with van der Waals surface area (Å²) in [6.45, 7) is 3.00. The Morgan fingerprint density at radius 3 is 2.90 bits per heavy atom. The van der Waals surface area contributed by atoms with Crippen LogP contribution in [0.2, 0.25) is 0 Å². The van der Waals surface area contributed by atoms with Gasteiger partial charge in [-0.05, 0) is 59.5 Å². The lowest BCUT2D eigenvalue weighted by Gasteiger charge is -2.35. The molecule has 0 aromatic carbocycles. The van der Waals surface area contributed by atoms with Crippen molar-refractivity contribution in [2.24, 2.45) is 0 Å². The maximum Gasteiger partial charge on any atom is 0.148 e. The number of nitrogens with zero attached hydrogens (tertiary/aromatic N) is 7. The molecule has 2 unspecified atom stereocenters. The van der Waals surface area contributed by atoms with E-state index in [0.717, 1.165) is 41.4 Å². The Morgan fingerprint density at radius 1 is 1.20 bits per heavy atom. The molecule has 0 spiro atoms. The minimum Gasteiger partial charge on any atom is -0.340 e. The Morgan fingerprint density at radius 2 is 2.10 bits per heavy atom. The van der Waals surface area contributed by atoms with E-state index in [2.05, 4.69) is 55.3 Å². The average molecular weight is 529 g/mol. The minimum absolute atomic E-state index is 0.0641. The zero-order valence-corrected chi connectivity index (χ0v) is 19.7. The van der Waals surface area contributed by atoms with Gasteiger partial charge in [-0.1, -0.05) is 6.07 Å². The van der Waals surface area contributed by atoms with Gasteiger partial charge in [-0.15, -0.1) is 0 Å². The lowest BCUT2D eigenvalue weighted by atomic mass is 9.99. The third-order valence-corrected chi connectivity index (χ3v) is 8.22. The van der Waals surface area contributed by atoms with E-state index in [1.165, 1.54) is 24.1 Å². The average Bonchev–Trinajstić information content (AvgIpc) is 3.39. The second-order valence-corrected chi connectivity index (χ2v) is 10.1. The van der Waals surface area contributed by atoms with Crippen LogP contribution < -0.4 is 4.90 Å². The highest BCUT2D eigenvalue weighted by atomic mass is 127. The number of imidazole rings is 1. The summed E-state index contributed by atoms with van der Waals surface area (Å²) in [7, 11) is 0. The van der Waals surface area contributed by atoms with E-state index in [1.807, 2.05) is 35.5 Å². The van der Waals surface area contributed by atoms with Crippen molar-refractivity contribution >= 4 is 39.7 Å². The number of pyridine rings is 1. The molecular weight excluding hydrogens is 508 g/mol. The molecule has 4 aromatic heterocycles. The molecule has 5 heterocycles. The largest absolute Gasteiger partial charge is 0.340 e. The molecule has 0 amide bonds. The minimum atomic E-state index is -0.0641. The van der Waals surface area contributed by atoms with Gasteiger partial charge in [0.2, 0.25) is 0 Å². The van der Waals surface area contributed by atoms with Crippen LogP contribution in [0.4, 0.5) is 5.82 Å². The first-order valence-corrected chi connectivity index (χ1v) is 14.3. The van der Waals surface area contributed by atoms with Gasteiger partial charge in [0.15, 0.2) is 0 Å². The molecule has 0 bridgehead atoms. The van der Waals surface area contributed by atoms with E-state index >= 15 is 0 Å². The molecule has 2 atom stereocenters. The van der Waals surface area contributed by atoms with Crippen LogP contribution in [0.1, 0.15) is 53.1 Å². The summed E-state index contributed by atoms with van der Waals surface area (Å²) in [6.07, 6.45) is 11.8. The predicted octanol–water partition coefficient (Wildman–Crippen LogP) is 4.45. The molecule has 4 aromatic rings. The van der Waals surface area contributed by atoms with E-state index < -0.39 is 0 Å². The molecule has 1 aliphatic heterocycles. The van der Waals surface area contributed by atoms with Gasteiger partial charge < -0.3 is 9.24 Å². The number of aromatic nitrogens is 6. The Hall–Kier alpha value is -2.06. The zero-order chi connectivity index (χ0) is 20.2. The lowest BCUT2D eigenvalue weighted by Crippen LogP contribution is -2.37. The van der Waals surface area contributed by atoms with E-state index in [9.17, 15) is 0 Å². The predicted molar refractivity (Wildman–Crippen MR) is 127 cm³/mol. The summed E-state index contributed by atoms with van der Waals surface area (Å²) in [4.78, 5) is 16.7. The van der Waals surface area contributed by atoms with Crippen molar-refractivity contribution in [3.63, 3.8) is 0 Å². The van der Waals surface area contributed by atoms with Gasteiger partial charge in [0.25, 0.3) is 0 Å². The summed E-state index contributed by atoms with van der Waals surface area (Å²) >= 11 is 2.42. The zero-order valence-electron chi connectivity index (χ0n) is 16.5. The molecule has 1 fully saturated rings. The fourth-order valence-electron chi connectivity index (χ4n) is 4.38. The quantitative estimate of drug-likeness (QED) is 0.289. The van der Waals surface area contributed by atoms with Crippen LogP contribution >= 0.6 is 28.4 Å². The van der Waals surface area contributed by atoms with Crippen LogP contribution in [0.15, 0.2) is 43.1 Å². The Balaban J connectivity index is 1.51. The first-order valence-electron chi connectivity index (χ1n) is 10.2. The van der Waals surface area contributed by atoms with Gasteiger partial charge in [-0.2, -0.15) is 5.10 Å². The monoisotopic (exact) mass is 529 g/mol. The van der Waals surface area contributed by atoms with Crippen molar-refractivity contribution in [3.05, 3.63) is 71.5 Å². The Bertz CT molecular complexity index is 1250. The van der Waals surface area contributed by atoms with Crippen LogP contribution in [0.25, 0.3) is 5.52 Å². The van der Waals surface area contributed by atoms with E-state index in [-0.39, 0.29) is 6.04 Å². The molecule has 2 aliphatic rings. The molecular formula is C21H21IN7P. The van der Waals surface area contributed by atoms with Gasteiger partial charge in [0, 0.05) is 43.3 Å². The molecule has 152 valence electrons. The molecule has 1 saturated carbocycles. The second kappa shape index (κ2) is 7.27. The van der Waals surface area contributed by atoms with E-state index in [0.29, 0.717) is 12.3 Å². The molecule has 30 heavy (non-hydrogen) atoms. The first kappa shape index (κ1) is 18.7.